The van der Waals surface area contributed by atoms with Gasteiger partial charge in [-0.2, -0.15) is 5.10 Å². The normalized spacial score (nSPS) is 10.8. The van der Waals surface area contributed by atoms with Crippen molar-refractivity contribution in [3.8, 4) is 0 Å². The quantitative estimate of drug-likeness (QED) is 0.226. The monoisotopic (exact) mass is 204 g/mol. The number of aryl methyl sites for hydroxylation is 1. The summed E-state index contributed by atoms with van der Waals surface area (Å²) in [5, 5.41) is 7.14. The maximum Gasteiger partial charge on any atom is 1.00 e. The van der Waals surface area contributed by atoms with Crippen LogP contribution < -0.4 is 35.2 Å². The van der Waals surface area contributed by atoms with Crippen molar-refractivity contribution in [3.63, 3.8) is 0 Å². The second-order valence-electron chi connectivity index (χ2n) is 2.18. The summed E-state index contributed by atoms with van der Waals surface area (Å²) in [5.41, 5.74) is 1.52. The smallest absolute Gasteiger partial charge is 0.771 e. The van der Waals surface area contributed by atoms with Gasteiger partial charge in [-0.25, -0.2) is 4.98 Å². The SMILES string of the molecule is C=N/N=c1/nccc(C)n1C[S-].[Na+]. The number of nitrogens with zero attached hydrogens (tertiary/aromatic N) is 4. The Labute approximate surface area is 105 Å². The molecule has 0 aliphatic carbocycles. The second-order valence-corrected chi connectivity index (χ2v) is 2.44. The minimum Gasteiger partial charge on any atom is -0.771 e. The topological polar surface area (TPSA) is 42.5 Å². The van der Waals surface area contributed by atoms with Crippen LogP contribution in [0.3, 0.4) is 0 Å². The molecular formula is C7H9N4NaS. The van der Waals surface area contributed by atoms with Gasteiger partial charge in [-0.1, -0.05) is 5.88 Å². The van der Waals surface area contributed by atoms with Gasteiger partial charge in [0.15, 0.2) is 0 Å². The standard InChI is InChI=1S/C7H10N4S.Na/c1-6-3-4-9-7(10-8-2)11(6)5-12;/h3-4,12H,2,5H2,1H3;/q;+1/p-1/b10-7-;. The largest absolute Gasteiger partial charge is 1.00 e. The summed E-state index contributed by atoms with van der Waals surface area (Å²) in [5.74, 6) is 0.425. The van der Waals surface area contributed by atoms with Crippen LogP contribution in [-0.4, -0.2) is 16.3 Å². The molecular weight excluding hydrogens is 195 g/mol. The van der Waals surface area contributed by atoms with Crippen molar-refractivity contribution in [2.45, 2.75) is 12.8 Å². The van der Waals surface area contributed by atoms with Crippen molar-refractivity contribution in [2.24, 2.45) is 10.2 Å². The summed E-state index contributed by atoms with van der Waals surface area (Å²) in [6.07, 6.45) is 1.67. The van der Waals surface area contributed by atoms with Crippen LogP contribution in [0.5, 0.6) is 0 Å². The Kier molecular flexibility index (Phi) is 6.32. The van der Waals surface area contributed by atoms with Crippen molar-refractivity contribution in [1.82, 2.24) is 9.55 Å². The van der Waals surface area contributed by atoms with E-state index in [4.69, 9.17) is 12.6 Å². The molecule has 0 aromatic carbocycles. The zero-order valence-electron chi connectivity index (χ0n) is 7.77. The number of rotatable bonds is 2. The summed E-state index contributed by atoms with van der Waals surface area (Å²) in [7, 11) is 0. The van der Waals surface area contributed by atoms with Crippen molar-refractivity contribution in [2.75, 3.05) is 0 Å². The van der Waals surface area contributed by atoms with E-state index < -0.39 is 0 Å². The minimum atomic E-state index is 0. The van der Waals surface area contributed by atoms with E-state index in [2.05, 4.69) is 21.9 Å². The van der Waals surface area contributed by atoms with Crippen LogP contribution in [0.25, 0.3) is 0 Å². The van der Waals surface area contributed by atoms with E-state index in [-0.39, 0.29) is 29.6 Å². The molecule has 0 unspecified atom stereocenters. The molecule has 0 spiro atoms. The molecule has 4 nitrogen and oxygen atoms in total. The van der Waals surface area contributed by atoms with Gasteiger partial charge in [0.1, 0.15) is 0 Å². The van der Waals surface area contributed by atoms with Crippen molar-refractivity contribution in [3.05, 3.63) is 23.6 Å². The van der Waals surface area contributed by atoms with Crippen molar-refractivity contribution in [1.29, 1.82) is 0 Å². The van der Waals surface area contributed by atoms with Crippen LogP contribution in [0.15, 0.2) is 22.5 Å². The molecule has 1 rings (SSSR count). The van der Waals surface area contributed by atoms with Gasteiger partial charge in [0, 0.05) is 18.6 Å². The van der Waals surface area contributed by atoms with Crippen LogP contribution in [0, 0.1) is 6.92 Å². The number of hydrogen-bond acceptors (Lipinski definition) is 4. The molecule has 0 atom stereocenters. The molecule has 1 heterocycles. The number of hydrogen-bond donors (Lipinski definition) is 0. The predicted molar refractivity (Wildman–Crippen MR) is 49.4 cm³/mol. The Hall–Kier alpha value is -0.100. The van der Waals surface area contributed by atoms with Gasteiger partial charge >= 0.3 is 29.6 Å². The second kappa shape index (κ2) is 6.37. The zero-order chi connectivity index (χ0) is 8.97. The third-order valence-corrected chi connectivity index (χ3v) is 1.72. The van der Waals surface area contributed by atoms with Crippen molar-refractivity contribution < 1.29 is 29.6 Å². The third kappa shape index (κ3) is 3.27. The average Bonchev–Trinajstić information content (AvgIpc) is 2.05. The van der Waals surface area contributed by atoms with E-state index in [0.717, 1.165) is 5.69 Å². The summed E-state index contributed by atoms with van der Waals surface area (Å²) < 4.78 is 1.78. The van der Waals surface area contributed by atoms with Crippen LogP contribution in [0.4, 0.5) is 0 Å². The minimum absolute atomic E-state index is 0. The Balaban J connectivity index is 0.00000144. The Morgan fingerprint density at radius 3 is 2.92 bits per heavy atom. The van der Waals surface area contributed by atoms with Gasteiger partial charge in [-0.05, 0) is 13.0 Å². The van der Waals surface area contributed by atoms with E-state index in [1.54, 1.807) is 10.8 Å². The predicted octanol–water partition coefficient (Wildman–Crippen LogP) is -2.78. The fraction of sp³-hybridized carbons (Fsp3) is 0.286. The number of aromatic nitrogens is 2. The fourth-order valence-corrected chi connectivity index (χ4v) is 1.15. The van der Waals surface area contributed by atoms with Crippen LogP contribution in [0.1, 0.15) is 5.69 Å². The zero-order valence-corrected chi connectivity index (χ0v) is 10.6. The first-order valence-electron chi connectivity index (χ1n) is 3.40. The molecule has 0 saturated heterocycles. The van der Waals surface area contributed by atoms with E-state index in [1.165, 1.54) is 0 Å². The van der Waals surface area contributed by atoms with Crippen LogP contribution in [-0.2, 0) is 18.5 Å². The van der Waals surface area contributed by atoms with E-state index >= 15 is 0 Å². The molecule has 1 aromatic rings. The molecule has 1 aromatic heterocycles. The summed E-state index contributed by atoms with van der Waals surface area (Å²) in [6, 6.07) is 1.87. The molecule has 0 aliphatic heterocycles. The molecule has 0 bridgehead atoms. The van der Waals surface area contributed by atoms with Gasteiger partial charge in [0.2, 0.25) is 5.62 Å². The first kappa shape index (κ1) is 12.9. The molecule has 0 fully saturated rings. The molecule has 0 saturated carbocycles. The summed E-state index contributed by atoms with van der Waals surface area (Å²) in [6.45, 7) is 5.20. The Morgan fingerprint density at radius 1 is 1.69 bits per heavy atom. The first-order valence-corrected chi connectivity index (χ1v) is 3.97. The van der Waals surface area contributed by atoms with Crippen LogP contribution >= 0.6 is 0 Å². The molecule has 0 N–H and O–H groups in total. The van der Waals surface area contributed by atoms with Gasteiger partial charge in [-0.3, -0.25) is 0 Å². The molecule has 64 valence electrons. The third-order valence-electron chi connectivity index (χ3n) is 1.46. The molecule has 0 radical (unpaired) electrons. The Morgan fingerprint density at radius 2 is 2.38 bits per heavy atom. The van der Waals surface area contributed by atoms with Gasteiger partial charge < -0.3 is 17.2 Å². The first-order chi connectivity index (χ1) is 5.79. The van der Waals surface area contributed by atoms with E-state index in [9.17, 15) is 0 Å². The van der Waals surface area contributed by atoms with E-state index in [0.29, 0.717) is 11.5 Å². The van der Waals surface area contributed by atoms with Crippen LogP contribution in [0.2, 0.25) is 0 Å². The maximum absolute atomic E-state index is 4.91. The van der Waals surface area contributed by atoms with Gasteiger partial charge in [0.05, 0.1) is 0 Å². The average molecular weight is 204 g/mol. The Bertz CT molecular complexity index is 347. The molecule has 0 amide bonds. The molecule has 0 aliphatic rings. The summed E-state index contributed by atoms with van der Waals surface area (Å²) in [4.78, 5) is 4.00. The maximum atomic E-state index is 4.91. The fourth-order valence-electron chi connectivity index (χ4n) is 0.832. The summed E-state index contributed by atoms with van der Waals surface area (Å²) >= 11 is 4.91. The van der Waals surface area contributed by atoms with Gasteiger partial charge in [-0.15, -0.1) is 5.10 Å². The van der Waals surface area contributed by atoms with E-state index in [1.807, 2.05) is 13.0 Å². The van der Waals surface area contributed by atoms with Gasteiger partial charge in [0.25, 0.3) is 0 Å². The molecule has 13 heavy (non-hydrogen) atoms. The van der Waals surface area contributed by atoms with Crippen molar-refractivity contribution >= 4 is 19.3 Å². The molecule has 6 heteroatoms.